The van der Waals surface area contributed by atoms with E-state index in [1.807, 2.05) is 0 Å². The Morgan fingerprint density at radius 1 is 1.50 bits per heavy atom. The molecule has 0 radical (unpaired) electrons. The third kappa shape index (κ3) is 5.29. The quantitative estimate of drug-likeness (QED) is 0.755. The summed E-state index contributed by atoms with van der Waals surface area (Å²) < 4.78 is 0. The maximum Gasteiger partial charge on any atom is 0.221 e. The lowest BCUT2D eigenvalue weighted by Gasteiger charge is -2.08. The number of rotatable bonds is 6. The molecule has 0 unspecified atom stereocenters. The number of aromatic nitrogens is 2. The zero-order chi connectivity index (χ0) is 11.8. The smallest absolute Gasteiger partial charge is 0.221 e. The van der Waals surface area contributed by atoms with Crippen LogP contribution in [0.3, 0.4) is 0 Å². The van der Waals surface area contributed by atoms with E-state index >= 15 is 0 Å². The summed E-state index contributed by atoms with van der Waals surface area (Å²) in [6.07, 6.45) is 3.59. The number of anilines is 1. The van der Waals surface area contributed by atoms with Crippen molar-refractivity contribution >= 4 is 11.7 Å². The number of carbonyl (C=O) groups excluding carboxylic acids is 1. The molecule has 5 nitrogen and oxygen atoms in total. The van der Waals surface area contributed by atoms with Gasteiger partial charge in [-0.15, -0.1) is 0 Å². The fraction of sp³-hybridized carbons (Fsp3) is 0.545. The molecule has 1 aromatic rings. The Bertz CT molecular complexity index is 313. The van der Waals surface area contributed by atoms with Gasteiger partial charge in [0.15, 0.2) is 0 Å². The molecule has 1 heterocycles. The third-order valence-electron chi connectivity index (χ3n) is 1.95. The topological polar surface area (TPSA) is 66.9 Å². The molecule has 88 valence electrons. The van der Waals surface area contributed by atoms with Gasteiger partial charge in [-0.25, -0.2) is 9.97 Å². The van der Waals surface area contributed by atoms with E-state index in [4.69, 9.17) is 0 Å². The van der Waals surface area contributed by atoms with Gasteiger partial charge in [-0.05, 0) is 12.0 Å². The van der Waals surface area contributed by atoms with Gasteiger partial charge in [-0.3, -0.25) is 4.79 Å². The van der Waals surface area contributed by atoms with Crippen LogP contribution in [-0.2, 0) is 4.79 Å². The molecule has 0 bridgehead atoms. The van der Waals surface area contributed by atoms with E-state index in [0.29, 0.717) is 18.9 Å². The van der Waals surface area contributed by atoms with Gasteiger partial charge in [0.25, 0.3) is 0 Å². The zero-order valence-corrected chi connectivity index (χ0v) is 9.73. The molecule has 0 saturated heterocycles. The van der Waals surface area contributed by atoms with Crippen LogP contribution in [0.1, 0.15) is 20.3 Å². The first-order valence-electron chi connectivity index (χ1n) is 5.45. The summed E-state index contributed by atoms with van der Waals surface area (Å²) in [5.41, 5.74) is 0. The average molecular weight is 222 g/mol. The van der Waals surface area contributed by atoms with Crippen molar-refractivity contribution in [1.82, 2.24) is 15.3 Å². The van der Waals surface area contributed by atoms with Crippen LogP contribution >= 0.6 is 0 Å². The largest absolute Gasteiger partial charge is 0.369 e. The summed E-state index contributed by atoms with van der Waals surface area (Å²) in [6, 6.07) is 1.77. The van der Waals surface area contributed by atoms with Gasteiger partial charge < -0.3 is 10.6 Å². The lowest BCUT2D eigenvalue weighted by Crippen LogP contribution is -2.28. The van der Waals surface area contributed by atoms with Gasteiger partial charge in [-0.2, -0.15) is 0 Å². The van der Waals surface area contributed by atoms with E-state index in [1.165, 1.54) is 6.33 Å². The second kappa shape index (κ2) is 6.76. The standard InChI is InChI=1S/C11H18N4O/c1-9(2)7-14-11(16)4-6-13-10-3-5-12-8-15-10/h3,5,8-9H,4,6-7H2,1-2H3,(H,14,16)(H,12,13,15). The first kappa shape index (κ1) is 12.4. The fourth-order valence-corrected chi connectivity index (χ4v) is 1.11. The van der Waals surface area contributed by atoms with Crippen molar-refractivity contribution in [2.24, 2.45) is 5.92 Å². The first-order valence-corrected chi connectivity index (χ1v) is 5.45. The average Bonchev–Trinajstić information content (AvgIpc) is 2.28. The van der Waals surface area contributed by atoms with E-state index in [9.17, 15) is 4.79 Å². The van der Waals surface area contributed by atoms with Crippen LogP contribution in [-0.4, -0.2) is 29.0 Å². The molecule has 1 amide bonds. The molecule has 1 rings (SSSR count). The predicted octanol–water partition coefficient (Wildman–Crippen LogP) is 1.05. The Balaban J connectivity index is 2.13. The Labute approximate surface area is 95.7 Å². The number of nitrogens with zero attached hydrogens (tertiary/aromatic N) is 2. The highest BCUT2D eigenvalue weighted by Gasteiger charge is 2.01. The van der Waals surface area contributed by atoms with E-state index in [2.05, 4.69) is 34.4 Å². The predicted molar refractivity (Wildman–Crippen MR) is 63.0 cm³/mol. The SMILES string of the molecule is CC(C)CNC(=O)CCNc1ccncn1. The van der Waals surface area contributed by atoms with Crippen LogP contribution in [0.4, 0.5) is 5.82 Å². The zero-order valence-electron chi connectivity index (χ0n) is 9.73. The van der Waals surface area contributed by atoms with Gasteiger partial charge in [0.2, 0.25) is 5.91 Å². The molecule has 0 atom stereocenters. The van der Waals surface area contributed by atoms with E-state index in [-0.39, 0.29) is 5.91 Å². The molecule has 0 fully saturated rings. The molecule has 5 heteroatoms. The maximum atomic E-state index is 11.4. The molecule has 16 heavy (non-hydrogen) atoms. The molecule has 1 aromatic heterocycles. The summed E-state index contributed by atoms with van der Waals surface area (Å²) in [5.74, 6) is 1.29. The highest BCUT2D eigenvalue weighted by molar-refractivity contribution is 5.76. The number of carbonyl (C=O) groups is 1. The van der Waals surface area contributed by atoms with Gasteiger partial charge >= 0.3 is 0 Å². The van der Waals surface area contributed by atoms with Crippen LogP contribution in [0, 0.1) is 5.92 Å². The van der Waals surface area contributed by atoms with Gasteiger partial charge in [0, 0.05) is 25.7 Å². The van der Waals surface area contributed by atoms with Gasteiger partial charge in [-0.1, -0.05) is 13.8 Å². The number of hydrogen-bond acceptors (Lipinski definition) is 4. The van der Waals surface area contributed by atoms with Crippen LogP contribution in [0.15, 0.2) is 18.6 Å². The summed E-state index contributed by atoms with van der Waals surface area (Å²) in [6.45, 7) is 5.45. The van der Waals surface area contributed by atoms with Crippen molar-refractivity contribution in [3.63, 3.8) is 0 Å². The van der Waals surface area contributed by atoms with Crippen molar-refractivity contribution in [3.8, 4) is 0 Å². The number of nitrogens with one attached hydrogen (secondary N) is 2. The second-order valence-electron chi connectivity index (χ2n) is 3.97. The number of hydrogen-bond donors (Lipinski definition) is 2. The summed E-state index contributed by atoms with van der Waals surface area (Å²) >= 11 is 0. The van der Waals surface area contributed by atoms with Crippen molar-refractivity contribution in [2.45, 2.75) is 20.3 Å². The summed E-state index contributed by atoms with van der Waals surface area (Å²) in [4.78, 5) is 19.2. The third-order valence-corrected chi connectivity index (χ3v) is 1.95. The van der Waals surface area contributed by atoms with Crippen molar-refractivity contribution < 1.29 is 4.79 Å². The van der Waals surface area contributed by atoms with Crippen LogP contribution < -0.4 is 10.6 Å². The molecule has 0 aliphatic rings. The van der Waals surface area contributed by atoms with E-state index < -0.39 is 0 Å². The molecule has 0 spiro atoms. The molecule has 0 saturated carbocycles. The maximum absolute atomic E-state index is 11.4. The second-order valence-corrected chi connectivity index (χ2v) is 3.97. The van der Waals surface area contributed by atoms with Gasteiger partial charge in [0.05, 0.1) is 0 Å². The van der Waals surface area contributed by atoms with Crippen LogP contribution in [0.2, 0.25) is 0 Å². The lowest BCUT2D eigenvalue weighted by molar-refractivity contribution is -0.120. The Hall–Kier alpha value is -1.65. The Morgan fingerprint density at radius 3 is 2.94 bits per heavy atom. The van der Waals surface area contributed by atoms with Crippen molar-refractivity contribution in [2.75, 3.05) is 18.4 Å². The number of amides is 1. The fourth-order valence-electron chi connectivity index (χ4n) is 1.11. The molecule has 0 aliphatic heterocycles. The molecular formula is C11H18N4O. The van der Waals surface area contributed by atoms with Crippen LogP contribution in [0.5, 0.6) is 0 Å². The first-order chi connectivity index (χ1) is 7.68. The highest BCUT2D eigenvalue weighted by atomic mass is 16.1. The Kier molecular flexibility index (Phi) is 5.25. The molecule has 0 aliphatic carbocycles. The van der Waals surface area contributed by atoms with Crippen molar-refractivity contribution in [1.29, 1.82) is 0 Å². The van der Waals surface area contributed by atoms with E-state index in [1.54, 1.807) is 12.3 Å². The summed E-state index contributed by atoms with van der Waals surface area (Å²) in [5, 5.41) is 5.91. The van der Waals surface area contributed by atoms with Crippen LogP contribution in [0.25, 0.3) is 0 Å². The van der Waals surface area contributed by atoms with Gasteiger partial charge in [0.1, 0.15) is 12.1 Å². The highest BCUT2D eigenvalue weighted by Crippen LogP contribution is 1.97. The Morgan fingerprint density at radius 2 is 2.31 bits per heavy atom. The molecule has 2 N–H and O–H groups in total. The lowest BCUT2D eigenvalue weighted by atomic mass is 10.2. The monoisotopic (exact) mass is 222 g/mol. The molecule has 0 aromatic carbocycles. The minimum absolute atomic E-state index is 0.0651. The molecular weight excluding hydrogens is 204 g/mol. The minimum atomic E-state index is 0.0651. The summed E-state index contributed by atoms with van der Waals surface area (Å²) in [7, 11) is 0. The van der Waals surface area contributed by atoms with E-state index in [0.717, 1.165) is 12.4 Å². The van der Waals surface area contributed by atoms with Crippen molar-refractivity contribution in [3.05, 3.63) is 18.6 Å². The minimum Gasteiger partial charge on any atom is -0.369 e. The normalized spacial score (nSPS) is 10.2.